The third-order valence-electron chi connectivity index (χ3n) is 4.69. The number of likely N-dealkylation sites (N-methyl/N-ethyl adjacent to an activating group) is 1. The Kier molecular flexibility index (Phi) is 3.80. The first-order valence-corrected chi connectivity index (χ1v) is 8.06. The Labute approximate surface area is 133 Å². The van der Waals surface area contributed by atoms with Crippen molar-refractivity contribution in [2.24, 2.45) is 0 Å². The van der Waals surface area contributed by atoms with Gasteiger partial charge in [-0.05, 0) is 51.6 Å². The van der Waals surface area contributed by atoms with Crippen LogP contribution in [0.2, 0.25) is 0 Å². The molecular formula is C16H21BrN4. The molecule has 1 aliphatic rings. The van der Waals surface area contributed by atoms with E-state index in [0.717, 1.165) is 27.6 Å². The standard InChI is InChI=1S/C16H21BrN4/c1-21(2)16(6-3-7-16)10-20-15-12-8-11(17)4-5-14(12)19-9-13(15)18/h4-5,8-9H,3,6-7,10,18H2,1-2H3,(H,19,20). The highest BCUT2D eigenvalue weighted by atomic mass is 79.9. The monoisotopic (exact) mass is 348 g/mol. The molecule has 0 atom stereocenters. The maximum Gasteiger partial charge on any atom is 0.0743 e. The van der Waals surface area contributed by atoms with Crippen LogP contribution in [-0.4, -0.2) is 36.1 Å². The summed E-state index contributed by atoms with van der Waals surface area (Å²) in [6.45, 7) is 0.913. The molecule has 0 unspecified atom stereocenters. The van der Waals surface area contributed by atoms with Crippen LogP contribution in [0.3, 0.4) is 0 Å². The van der Waals surface area contributed by atoms with E-state index in [0.29, 0.717) is 5.69 Å². The topological polar surface area (TPSA) is 54.2 Å². The van der Waals surface area contributed by atoms with Crippen LogP contribution in [0.25, 0.3) is 10.9 Å². The molecule has 1 fully saturated rings. The summed E-state index contributed by atoms with van der Waals surface area (Å²) in [5, 5.41) is 4.65. The van der Waals surface area contributed by atoms with Crippen molar-refractivity contribution in [1.29, 1.82) is 0 Å². The molecule has 5 heteroatoms. The second kappa shape index (κ2) is 5.46. The number of nitrogens with one attached hydrogen (secondary N) is 1. The molecule has 0 saturated heterocycles. The zero-order valence-electron chi connectivity index (χ0n) is 12.5. The fourth-order valence-electron chi connectivity index (χ4n) is 3.00. The molecule has 21 heavy (non-hydrogen) atoms. The molecule has 0 bridgehead atoms. The van der Waals surface area contributed by atoms with Crippen molar-refractivity contribution in [2.75, 3.05) is 31.7 Å². The van der Waals surface area contributed by atoms with Crippen LogP contribution in [-0.2, 0) is 0 Å². The first-order valence-electron chi connectivity index (χ1n) is 7.27. The summed E-state index contributed by atoms with van der Waals surface area (Å²) in [6.07, 6.45) is 5.51. The molecule has 3 rings (SSSR count). The molecule has 0 radical (unpaired) electrons. The minimum atomic E-state index is 0.258. The predicted octanol–water partition coefficient (Wildman–Crippen LogP) is 3.48. The molecule has 4 nitrogen and oxygen atoms in total. The minimum Gasteiger partial charge on any atom is -0.396 e. The van der Waals surface area contributed by atoms with Crippen molar-refractivity contribution >= 4 is 38.2 Å². The van der Waals surface area contributed by atoms with Gasteiger partial charge in [0, 0.05) is 21.9 Å². The van der Waals surface area contributed by atoms with Gasteiger partial charge < -0.3 is 16.0 Å². The Balaban J connectivity index is 1.93. The summed E-state index contributed by atoms with van der Waals surface area (Å²) in [6, 6.07) is 6.09. The number of hydrogen-bond acceptors (Lipinski definition) is 4. The first kappa shape index (κ1) is 14.6. The largest absolute Gasteiger partial charge is 0.396 e. The molecule has 3 N–H and O–H groups in total. The van der Waals surface area contributed by atoms with Crippen molar-refractivity contribution in [3.8, 4) is 0 Å². The lowest BCUT2D eigenvalue weighted by atomic mass is 9.75. The lowest BCUT2D eigenvalue weighted by molar-refractivity contribution is 0.0739. The summed E-state index contributed by atoms with van der Waals surface area (Å²) in [4.78, 5) is 6.73. The Morgan fingerprint density at radius 2 is 2.14 bits per heavy atom. The maximum absolute atomic E-state index is 6.15. The van der Waals surface area contributed by atoms with Gasteiger partial charge >= 0.3 is 0 Å². The van der Waals surface area contributed by atoms with Crippen LogP contribution >= 0.6 is 15.9 Å². The highest BCUT2D eigenvalue weighted by Crippen LogP contribution is 2.37. The Morgan fingerprint density at radius 3 is 2.76 bits per heavy atom. The molecule has 1 aliphatic carbocycles. The van der Waals surface area contributed by atoms with Gasteiger partial charge in [0.25, 0.3) is 0 Å². The highest BCUT2D eigenvalue weighted by Gasteiger charge is 2.38. The zero-order chi connectivity index (χ0) is 15.0. The second-order valence-electron chi connectivity index (χ2n) is 6.08. The molecule has 0 aliphatic heterocycles. The maximum atomic E-state index is 6.15. The quantitative estimate of drug-likeness (QED) is 0.887. The molecule has 112 valence electrons. The van der Waals surface area contributed by atoms with Crippen LogP contribution in [0, 0.1) is 0 Å². The summed E-state index contributed by atoms with van der Waals surface area (Å²) in [5.74, 6) is 0. The number of fused-ring (bicyclic) bond motifs is 1. The van der Waals surface area contributed by atoms with E-state index in [-0.39, 0.29) is 5.54 Å². The van der Waals surface area contributed by atoms with E-state index in [2.05, 4.69) is 51.3 Å². The molecule has 1 aromatic carbocycles. The van der Waals surface area contributed by atoms with E-state index in [1.165, 1.54) is 19.3 Å². The van der Waals surface area contributed by atoms with Crippen molar-refractivity contribution in [3.05, 3.63) is 28.9 Å². The molecular weight excluding hydrogens is 328 g/mol. The Morgan fingerprint density at radius 1 is 1.38 bits per heavy atom. The Bertz CT molecular complexity index is 659. The smallest absolute Gasteiger partial charge is 0.0743 e. The molecule has 2 aromatic rings. The minimum absolute atomic E-state index is 0.258. The van der Waals surface area contributed by atoms with Crippen LogP contribution < -0.4 is 11.1 Å². The van der Waals surface area contributed by atoms with E-state index >= 15 is 0 Å². The van der Waals surface area contributed by atoms with E-state index in [4.69, 9.17) is 5.73 Å². The number of benzene rings is 1. The van der Waals surface area contributed by atoms with Gasteiger partial charge in [0.1, 0.15) is 0 Å². The van der Waals surface area contributed by atoms with E-state index in [9.17, 15) is 0 Å². The average molecular weight is 349 g/mol. The van der Waals surface area contributed by atoms with Crippen LogP contribution in [0.1, 0.15) is 19.3 Å². The second-order valence-corrected chi connectivity index (χ2v) is 6.99. The van der Waals surface area contributed by atoms with Gasteiger partial charge in [-0.25, -0.2) is 0 Å². The van der Waals surface area contributed by atoms with Crippen LogP contribution in [0.5, 0.6) is 0 Å². The van der Waals surface area contributed by atoms with E-state index in [1.54, 1.807) is 6.20 Å². The Hall–Kier alpha value is -1.33. The molecule has 1 saturated carbocycles. The summed E-state index contributed by atoms with van der Waals surface area (Å²) >= 11 is 3.53. The molecule has 0 amide bonds. The summed E-state index contributed by atoms with van der Waals surface area (Å²) < 4.78 is 1.04. The van der Waals surface area contributed by atoms with Gasteiger partial charge in [-0.15, -0.1) is 0 Å². The van der Waals surface area contributed by atoms with Gasteiger partial charge in [-0.3, -0.25) is 4.98 Å². The van der Waals surface area contributed by atoms with Gasteiger partial charge in [0.2, 0.25) is 0 Å². The number of anilines is 2. The van der Waals surface area contributed by atoms with E-state index < -0.39 is 0 Å². The number of rotatable bonds is 4. The highest BCUT2D eigenvalue weighted by molar-refractivity contribution is 9.10. The third-order valence-corrected chi connectivity index (χ3v) is 5.18. The SMILES string of the molecule is CN(C)C1(CNc2c(N)cnc3ccc(Br)cc23)CCC1. The number of nitrogens with zero attached hydrogens (tertiary/aromatic N) is 2. The fourth-order valence-corrected chi connectivity index (χ4v) is 3.36. The number of nitrogens with two attached hydrogens (primary N) is 1. The lowest BCUT2D eigenvalue weighted by Crippen LogP contribution is -2.54. The average Bonchev–Trinajstić information content (AvgIpc) is 2.39. The van der Waals surface area contributed by atoms with Gasteiger partial charge in [-0.1, -0.05) is 15.9 Å². The van der Waals surface area contributed by atoms with Gasteiger partial charge in [0.05, 0.1) is 23.1 Å². The van der Waals surface area contributed by atoms with Crippen molar-refractivity contribution < 1.29 is 0 Å². The van der Waals surface area contributed by atoms with Crippen molar-refractivity contribution in [2.45, 2.75) is 24.8 Å². The van der Waals surface area contributed by atoms with Crippen molar-refractivity contribution in [1.82, 2.24) is 9.88 Å². The molecule has 0 spiro atoms. The zero-order valence-corrected chi connectivity index (χ0v) is 14.1. The summed E-state index contributed by atoms with van der Waals surface area (Å²) in [5.41, 5.74) is 9.06. The fraction of sp³-hybridized carbons (Fsp3) is 0.438. The number of nitrogen functional groups attached to an aromatic ring is 1. The molecule has 1 heterocycles. The third kappa shape index (κ3) is 2.60. The van der Waals surface area contributed by atoms with Gasteiger partial charge in [0.15, 0.2) is 0 Å². The lowest BCUT2D eigenvalue weighted by Gasteiger charge is -2.47. The number of aromatic nitrogens is 1. The molecule has 1 aromatic heterocycles. The normalized spacial score (nSPS) is 17.0. The number of halogens is 1. The first-order chi connectivity index (χ1) is 10.0. The van der Waals surface area contributed by atoms with Crippen LogP contribution in [0.4, 0.5) is 11.4 Å². The predicted molar refractivity (Wildman–Crippen MR) is 92.6 cm³/mol. The van der Waals surface area contributed by atoms with Crippen molar-refractivity contribution in [3.63, 3.8) is 0 Å². The summed E-state index contributed by atoms with van der Waals surface area (Å²) in [7, 11) is 4.32. The van der Waals surface area contributed by atoms with Gasteiger partial charge in [-0.2, -0.15) is 0 Å². The number of hydrogen-bond donors (Lipinski definition) is 2. The van der Waals surface area contributed by atoms with E-state index in [1.807, 2.05) is 12.1 Å². The van der Waals surface area contributed by atoms with Crippen LogP contribution in [0.15, 0.2) is 28.9 Å². The number of pyridine rings is 1.